The monoisotopic (exact) mass is 309 g/mol. The molecule has 4 rings (SSSR count). The summed E-state index contributed by atoms with van der Waals surface area (Å²) >= 11 is 0. The van der Waals surface area contributed by atoms with Crippen LogP contribution in [0.15, 0.2) is 36.5 Å². The molecule has 2 aliphatic rings. The van der Waals surface area contributed by atoms with Crippen molar-refractivity contribution in [1.82, 2.24) is 15.1 Å². The number of carbonyl (C=O) groups excluding carboxylic acids is 1. The zero-order valence-corrected chi connectivity index (χ0v) is 13.5. The summed E-state index contributed by atoms with van der Waals surface area (Å²) in [4.78, 5) is 15.0. The maximum Gasteiger partial charge on any atom is 0.226 e. The Labute approximate surface area is 136 Å². The first-order valence-corrected chi connectivity index (χ1v) is 8.57. The van der Waals surface area contributed by atoms with Gasteiger partial charge in [0.2, 0.25) is 5.91 Å². The number of amides is 1. The topological polar surface area (TPSA) is 49.0 Å². The van der Waals surface area contributed by atoms with Crippen molar-refractivity contribution in [3.8, 4) is 0 Å². The number of aryl methyl sites for hydroxylation is 1. The second-order valence-electron chi connectivity index (χ2n) is 6.94. The van der Waals surface area contributed by atoms with Gasteiger partial charge in [-0.15, -0.1) is 0 Å². The van der Waals surface area contributed by atoms with E-state index in [-0.39, 0.29) is 5.92 Å². The van der Waals surface area contributed by atoms with E-state index in [4.69, 9.17) is 0 Å². The second kappa shape index (κ2) is 5.84. The van der Waals surface area contributed by atoms with E-state index in [1.54, 1.807) is 6.20 Å². The number of benzene rings is 1. The SMILES string of the molecule is Cc1ccccc1[C@@H]1C[C@H]1C(=O)N1CCC[C@@H](c2ccn[nH]2)C1. The summed E-state index contributed by atoms with van der Waals surface area (Å²) in [5, 5.41) is 7.11. The van der Waals surface area contributed by atoms with Gasteiger partial charge in [0, 0.05) is 36.8 Å². The summed E-state index contributed by atoms with van der Waals surface area (Å²) in [6.07, 6.45) is 5.02. The van der Waals surface area contributed by atoms with Crippen molar-refractivity contribution >= 4 is 5.91 Å². The summed E-state index contributed by atoms with van der Waals surface area (Å²) < 4.78 is 0. The number of aromatic nitrogens is 2. The fourth-order valence-electron chi connectivity index (χ4n) is 3.97. The molecule has 1 saturated carbocycles. The van der Waals surface area contributed by atoms with Gasteiger partial charge in [-0.1, -0.05) is 24.3 Å². The highest BCUT2D eigenvalue weighted by atomic mass is 16.2. The predicted octanol–water partition coefficient (Wildman–Crippen LogP) is 3.23. The van der Waals surface area contributed by atoms with E-state index in [9.17, 15) is 4.79 Å². The minimum absolute atomic E-state index is 0.191. The van der Waals surface area contributed by atoms with Gasteiger partial charge in [-0.2, -0.15) is 5.10 Å². The molecule has 1 amide bonds. The zero-order chi connectivity index (χ0) is 15.8. The Hall–Kier alpha value is -2.10. The summed E-state index contributed by atoms with van der Waals surface area (Å²) in [5.74, 6) is 1.38. The second-order valence-corrected chi connectivity index (χ2v) is 6.94. The van der Waals surface area contributed by atoms with Gasteiger partial charge in [0.1, 0.15) is 0 Å². The molecule has 0 radical (unpaired) electrons. The first-order valence-electron chi connectivity index (χ1n) is 8.57. The van der Waals surface area contributed by atoms with Crippen LogP contribution >= 0.6 is 0 Å². The largest absolute Gasteiger partial charge is 0.342 e. The average molecular weight is 309 g/mol. The fourth-order valence-corrected chi connectivity index (χ4v) is 3.97. The highest BCUT2D eigenvalue weighted by Crippen LogP contribution is 2.49. The number of likely N-dealkylation sites (tertiary alicyclic amines) is 1. The molecule has 4 nitrogen and oxygen atoms in total. The molecule has 120 valence electrons. The number of hydrogen-bond donors (Lipinski definition) is 1. The van der Waals surface area contributed by atoms with E-state index in [1.807, 2.05) is 6.07 Å². The van der Waals surface area contributed by atoms with Crippen LogP contribution in [0.3, 0.4) is 0 Å². The molecule has 0 bridgehead atoms. The fraction of sp³-hybridized carbons (Fsp3) is 0.474. The summed E-state index contributed by atoms with van der Waals surface area (Å²) in [7, 11) is 0. The van der Waals surface area contributed by atoms with E-state index in [0.29, 0.717) is 17.7 Å². The molecule has 3 atom stereocenters. The lowest BCUT2D eigenvalue weighted by atomic mass is 9.94. The van der Waals surface area contributed by atoms with Crippen LogP contribution in [0.5, 0.6) is 0 Å². The lowest BCUT2D eigenvalue weighted by Gasteiger charge is -2.32. The van der Waals surface area contributed by atoms with Gasteiger partial charge in [-0.05, 0) is 49.3 Å². The molecule has 23 heavy (non-hydrogen) atoms. The Kier molecular flexibility index (Phi) is 3.68. The number of H-pyrrole nitrogens is 1. The number of nitrogens with one attached hydrogen (secondary N) is 1. The quantitative estimate of drug-likeness (QED) is 0.946. The van der Waals surface area contributed by atoms with Crippen molar-refractivity contribution < 1.29 is 4.79 Å². The van der Waals surface area contributed by atoms with Gasteiger partial charge in [-0.25, -0.2) is 0 Å². The molecule has 0 unspecified atom stereocenters. The molecular formula is C19H23N3O. The zero-order valence-electron chi connectivity index (χ0n) is 13.5. The van der Waals surface area contributed by atoms with Crippen molar-refractivity contribution in [1.29, 1.82) is 0 Å². The molecule has 2 fully saturated rings. The Morgan fingerprint density at radius 1 is 1.30 bits per heavy atom. The maximum absolute atomic E-state index is 12.9. The van der Waals surface area contributed by atoms with E-state index < -0.39 is 0 Å². The van der Waals surface area contributed by atoms with Crippen molar-refractivity contribution in [2.75, 3.05) is 13.1 Å². The van der Waals surface area contributed by atoms with Gasteiger partial charge in [-0.3, -0.25) is 9.89 Å². The highest BCUT2D eigenvalue weighted by Gasteiger charge is 2.46. The molecule has 2 heterocycles. The van der Waals surface area contributed by atoms with E-state index >= 15 is 0 Å². The minimum Gasteiger partial charge on any atom is -0.342 e. The molecular weight excluding hydrogens is 286 g/mol. The van der Waals surface area contributed by atoms with Gasteiger partial charge >= 0.3 is 0 Å². The normalized spacial score (nSPS) is 27.0. The maximum atomic E-state index is 12.9. The minimum atomic E-state index is 0.191. The number of piperidine rings is 1. The molecule has 1 aliphatic heterocycles. The van der Waals surface area contributed by atoms with Gasteiger partial charge in [0.05, 0.1) is 0 Å². The molecule has 1 aliphatic carbocycles. The van der Waals surface area contributed by atoms with E-state index in [1.165, 1.54) is 11.1 Å². The van der Waals surface area contributed by atoms with Crippen molar-refractivity contribution in [2.24, 2.45) is 5.92 Å². The smallest absolute Gasteiger partial charge is 0.226 e. The third kappa shape index (κ3) is 2.78. The van der Waals surface area contributed by atoms with Crippen LogP contribution in [0, 0.1) is 12.8 Å². The third-order valence-electron chi connectivity index (χ3n) is 5.39. The summed E-state index contributed by atoms with van der Waals surface area (Å²) in [5.41, 5.74) is 3.82. The van der Waals surface area contributed by atoms with Crippen LogP contribution in [0.2, 0.25) is 0 Å². The van der Waals surface area contributed by atoms with Crippen LogP contribution in [0.4, 0.5) is 0 Å². The van der Waals surface area contributed by atoms with E-state index in [0.717, 1.165) is 38.0 Å². The number of nitrogens with zero attached hydrogens (tertiary/aromatic N) is 2. The number of rotatable bonds is 3. The van der Waals surface area contributed by atoms with Crippen LogP contribution in [0.25, 0.3) is 0 Å². The first-order chi connectivity index (χ1) is 11.2. The van der Waals surface area contributed by atoms with Gasteiger partial charge in [0.25, 0.3) is 0 Å². The Bertz CT molecular complexity index is 694. The van der Waals surface area contributed by atoms with Gasteiger partial charge < -0.3 is 4.90 Å². The lowest BCUT2D eigenvalue weighted by Crippen LogP contribution is -2.40. The lowest BCUT2D eigenvalue weighted by molar-refractivity contribution is -0.133. The number of hydrogen-bond acceptors (Lipinski definition) is 2. The third-order valence-corrected chi connectivity index (χ3v) is 5.39. The van der Waals surface area contributed by atoms with Crippen molar-refractivity contribution in [3.05, 3.63) is 53.3 Å². The Morgan fingerprint density at radius 3 is 2.96 bits per heavy atom. The van der Waals surface area contributed by atoms with Crippen molar-refractivity contribution in [3.63, 3.8) is 0 Å². The standard InChI is InChI=1S/C19H23N3O/c1-13-5-2-3-7-15(13)16-11-17(16)19(23)22-10-4-6-14(12-22)18-8-9-20-21-18/h2-3,5,7-9,14,16-17H,4,6,10-12H2,1H3,(H,20,21)/t14-,16+,17-/m1/s1. The molecule has 1 aromatic carbocycles. The van der Waals surface area contributed by atoms with Crippen LogP contribution in [0.1, 0.15) is 47.9 Å². The molecule has 4 heteroatoms. The molecule has 1 saturated heterocycles. The predicted molar refractivity (Wildman–Crippen MR) is 89.2 cm³/mol. The van der Waals surface area contributed by atoms with Crippen LogP contribution < -0.4 is 0 Å². The molecule has 1 N–H and O–H groups in total. The van der Waals surface area contributed by atoms with Crippen LogP contribution in [-0.4, -0.2) is 34.1 Å². The summed E-state index contributed by atoms with van der Waals surface area (Å²) in [6.45, 7) is 3.88. The molecule has 1 aromatic heterocycles. The molecule has 0 spiro atoms. The molecule has 2 aromatic rings. The number of aromatic amines is 1. The number of carbonyl (C=O) groups is 1. The highest BCUT2D eigenvalue weighted by molar-refractivity contribution is 5.83. The Morgan fingerprint density at radius 2 is 2.17 bits per heavy atom. The van der Waals surface area contributed by atoms with Gasteiger partial charge in [0.15, 0.2) is 0 Å². The van der Waals surface area contributed by atoms with E-state index in [2.05, 4.69) is 46.3 Å². The summed E-state index contributed by atoms with van der Waals surface area (Å²) in [6, 6.07) is 10.5. The van der Waals surface area contributed by atoms with Crippen LogP contribution in [-0.2, 0) is 4.79 Å². The average Bonchev–Trinajstić information content (AvgIpc) is 3.17. The Balaban J connectivity index is 1.43. The van der Waals surface area contributed by atoms with Crippen molar-refractivity contribution in [2.45, 2.75) is 38.0 Å². The first kappa shape index (κ1) is 14.5.